The van der Waals surface area contributed by atoms with Crippen LogP contribution in [0, 0.1) is 0 Å². The molecule has 0 amide bonds. The summed E-state index contributed by atoms with van der Waals surface area (Å²) in [6, 6.07) is 7.79. The summed E-state index contributed by atoms with van der Waals surface area (Å²) in [5, 5.41) is 9.10. The van der Waals surface area contributed by atoms with Gasteiger partial charge < -0.3 is 10.0 Å². The lowest BCUT2D eigenvalue weighted by molar-refractivity contribution is 0.282. The van der Waals surface area contributed by atoms with Crippen LogP contribution in [0.3, 0.4) is 0 Å². The Hall–Kier alpha value is -1.94. The second-order valence-corrected chi connectivity index (χ2v) is 4.86. The lowest BCUT2D eigenvalue weighted by Gasteiger charge is -2.20. The molecule has 0 aliphatic heterocycles. The van der Waals surface area contributed by atoms with Gasteiger partial charge in [-0.3, -0.25) is 4.98 Å². The Bertz CT molecular complexity index is 540. The molecule has 20 heavy (non-hydrogen) atoms. The predicted octanol–water partition coefficient (Wildman–Crippen LogP) is 2.87. The molecule has 1 N–H and O–H groups in total. The van der Waals surface area contributed by atoms with Crippen molar-refractivity contribution in [2.75, 3.05) is 18.5 Å². The maximum absolute atomic E-state index is 9.10. The second kappa shape index (κ2) is 7.01. The average molecular weight is 271 g/mol. The first-order valence-electron chi connectivity index (χ1n) is 6.98. The minimum atomic E-state index is 0.0595. The highest BCUT2D eigenvalue weighted by atomic mass is 16.3. The largest absolute Gasteiger partial charge is 0.392 e. The Morgan fingerprint density at radius 2 is 1.80 bits per heavy atom. The van der Waals surface area contributed by atoms with Crippen molar-refractivity contribution in [3.63, 3.8) is 0 Å². The van der Waals surface area contributed by atoms with Crippen LogP contribution >= 0.6 is 0 Å². The van der Waals surface area contributed by atoms with Gasteiger partial charge in [0.2, 0.25) is 0 Å². The van der Waals surface area contributed by atoms with Gasteiger partial charge in [0.15, 0.2) is 5.82 Å². The number of aliphatic hydroxyl groups is 1. The van der Waals surface area contributed by atoms with E-state index in [1.165, 1.54) is 0 Å². The van der Waals surface area contributed by atoms with Gasteiger partial charge in [-0.05, 0) is 12.0 Å². The maximum atomic E-state index is 9.10. The van der Waals surface area contributed by atoms with Crippen LogP contribution in [0.5, 0.6) is 0 Å². The third-order valence-corrected chi connectivity index (χ3v) is 3.30. The molecule has 106 valence electrons. The number of nitrogens with zero attached hydrogens (tertiary/aromatic N) is 3. The molecule has 0 bridgehead atoms. The van der Waals surface area contributed by atoms with Gasteiger partial charge in [-0.15, -0.1) is 0 Å². The summed E-state index contributed by atoms with van der Waals surface area (Å²) < 4.78 is 0. The molecule has 2 aromatic rings. The molecule has 0 spiro atoms. The molecule has 1 aromatic heterocycles. The van der Waals surface area contributed by atoms with E-state index in [9.17, 15) is 0 Å². The van der Waals surface area contributed by atoms with Crippen molar-refractivity contribution in [3.8, 4) is 11.3 Å². The summed E-state index contributed by atoms with van der Waals surface area (Å²) in [5.74, 6) is 0.901. The van der Waals surface area contributed by atoms with E-state index in [4.69, 9.17) is 5.11 Å². The second-order valence-electron chi connectivity index (χ2n) is 4.86. The molecule has 0 radical (unpaired) electrons. The van der Waals surface area contributed by atoms with E-state index in [1.54, 1.807) is 12.4 Å². The van der Waals surface area contributed by atoms with Crippen LogP contribution in [-0.2, 0) is 6.61 Å². The number of aromatic nitrogens is 2. The lowest BCUT2D eigenvalue weighted by atomic mass is 10.1. The van der Waals surface area contributed by atoms with Crippen molar-refractivity contribution in [1.29, 1.82) is 0 Å². The highest BCUT2D eigenvalue weighted by Gasteiger charge is 2.11. The van der Waals surface area contributed by atoms with Gasteiger partial charge in [-0.25, -0.2) is 4.98 Å². The molecular weight excluding hydrogens is 250 g/mol. The Kier molecular flexibility index (Phi) is 5.07. The van der Waals surface area contributed by atoms with Crippen LogP contribution in [0.4, 0.5) is 5.82 Å². The number of hydrogen-bond acceptors (Lipinski definition) is 4. The zero-order valence-electron chi connectivity index (χ0n) is 12.1. The number of rotatable bonds is 6. The maximum Gasteiger partial charge on any atom is 0.154 e. The molecule has 0 saturated carbocycles. The van der Waals surface area contributed by atoms with Gasteiger partial charge in [-0.1, -0.05) is 37.6 Å². The molecule has 0 aliphatic rings. The Morgan fingerprint density at radius 3 is 2.45 bits per heavy atom. The minimum Gasteiger partial charge on any atom is -0.392 e. The number of aliphatic hydroxyl groups excluding tert-OH is 1. The first-order valence-corrected chi connectivity index (χ1v) is 6.98. The number of benzene rings is 1. The topological polar surface area (TPSA) is 49.2 Å². The van der Waals surface area contributed by atoms with Crippen LogP contribution in [0.1, 0.15) is 25.3 Å². The molecule has 0 atom stereocenters. The first-order chi connectivity index (χ1) is 9.76. The van der Waals surface area contributed by atoms with Crippen LogP contribution < -0.4 is 4.90 Å². The SMILES string of the molecule is CCCCN(C)c1nccnc1-c1ccc(CO)cc1. The Balaban J connectivity index is 2.30. The summed E-state index contributed by atoms with van der Waals surface area (Å²) in [6.07, 6.45) is 5.73. The first kappa shape index (κ1) is 14.5. The van der Waals surface area contributed by atoms with Crippen molar-refractivity contribution in [1.82, 2.24) is 9.97 Å². The van der Waals surface area contributed by atoms with Crippen LogP contribution in [-0.4, -0.2) is 28.7 Å². The smallest absolute Gasteiger partial charge is 0.154 e. The van der Waals surface area contributed by atoms with Gasteiger partial charge in [0.1, 0.15) is 5.69 Å². The monoisotopic (exact) mass is 271 g/mol. The fraction of sp³-hybridized carbons (Fsp3) is 0.375. The number of hydrogen-bond donors (Lipinski definition) is 1. The van der Waals surface area contributed by atoms with E-state index in [-0.39, 0.29) is 6.61 Å². The number of anilines is 1. The molecule has 1 heterocycles. The van der Waals surface area contributed by atoms with Crippen molar-refractivity contribution in [2.45, 2.75) is 26.4 Å². The third kappa shape index (κ3) is 3.33. The van der Waals surface area contributed by atoms with Crippen LogP contribution in [0.15, 0.2) is 36.7 Å². The normalized spacial score (nSPS) is 10.6. The van der Waals surface area contributed by atoms with E-state index in [0.29, 0.717) is 0 Å². The molecule has 1 aromatic carbocycles. The zero-order chi connectivity index (χ0) is 14.4. The number of unbranched alkanes of at least 4 members (excludes halogenated alkanes) is 1. The van der Waals surface area contributed by atoms with Crippen molar-refractivity contribution < 1.29 is 5.11 Å². The van der Waals surface area contributed by atoms with Gasteiger partial charge in [0, 0.05) is 31.5 Å². The van der Waals surface area contributed by atoms with Crippen molar-refractivity contribution >= 4 is 5.82 Å². The summed E-state index contributed by atoms with van der Waals surface area (Å²) in [4.78, 5) is 11.1. The highest BCUT2D eigenvalue weighted by molar-refractivity contribution is 5.71. The molecule has 0 fully saturated rings. The molecule has 2 rings (SSSR count). The van der Waals surface area contributed by atoms with E-state index in [2.05, 4.69) is 21.8 Å². The highest BCUT2D eigenvalue weighted by Crippen LogP contribution is 2.26. The predicted molar refractivity (Wildman–Crippen MR) is 81.6 cm³/mol. The van der Waals surface area contributed by atoms with Gasteiger partial charge >= 0.3 is 0 Å². The van der Waals surface area contributed by atoms with E-state index < -0.39 is 0 Å². The summed E-state index contributed by atoms with van der Waals surface area (Å²) in [6.45, 7) is 3.21. The third-order valence-electron chi connectivity index (χ3n) is 3.30. The van der Waals surface area contributed by atoms with E-state index >= 15 is 0 Å². The van der Waals surface area contributed by atoms with Crippen molar-refractivity contribution in [3.05, 3.63) is 42.2 Å². The zero-order valence-corrected chi connectivity index (χ0v) is 12.1. The fourth-order valence-electron chi connectivity index (χ4n) is 2.08. The standard InChI is InChI=1S/C16H21N3O/c1-3-4-11-19(2)16-15(17-9-10-18-16)14-7-5-13(12-20)6-8-14/h5-10,20H,3-4,11-12H2,1-2H3. The van der Waals surface area contributed by atoms with Crippen LogP contribution in [0.25, 0.3) is 11.3 Å². The quantitative estimate of drug-likeness (QED) is 0.877. The summed E-state index contributed by atoms with van der Waals surface area (Å²) in [7, 11) is 2.05. The summed E-state index contributed by atoms with van der Waals surface area (Å²) >= 11 is 0. The van der Waals surface area contributed by atoms with Gasteiger partial charge in [0.25, 0.3) is 0 Å². The molecule has 4 heteroatoms. The van der Waals surface area contributed by atoms with Crippen molar-refractivity contribution in [2.24, 2.45) is 0 Å². The lowest BCUT2D eigenvalue weighted by Crippen LogP contribution is -2.20. The van der Waals surface area contributed by atoms with E-state index in [0.717, 1.165) is 42.0 Å². The molecule has 0 saturated heterocycles. The van der Waals surface area contributed by atoms with Gasteiger partial charge in [-0.2, -0.15) is 0 Å². The fourth-order valence-corrected chi connectivity index (χ4v) is 2.08. The molecular formula is C16H21N3O. The van der Waals surface area contributed by atoms with Gasteiger partial charge in [0.05, 0.1) is 6.61 Å². The van der Waals surface area contributed by atoms with E-state index in [1.807, 2.05) is 31.3 Å². The average Bonchev–Trinajstić information content (AvgIpc) is 2.52. The van der Waals surface area contributed by atoms with Crippen LogP contribution in [0.2, 0.25) is 0 Å². The minimum absolute atomic E-state index is 0.0595. The molecule has 0 unspecified atom stereocenters. The Morgan fingerprint density at radius 1 is 1.10 bits per heavy atom. The summed E-state index contributed by atoms with van der Waals surface area (Å²) in [5.41, 5.74) is 2.81. The molecule has 4 nitrogen and oxygen atoms in total. The molecule has 0 aliphatic carbocycles. The Labute approximate surface area is 120 Å².